The molecule has 2 aromatic rings. The molecule has 100 valence electrons. The van der Waals surface area contributed by atoms with Crippen LogP contribution < -0.4 is 10.7 Å². The van der Waals surface area contributed by atoms with Gasteiger partial charge >= 0.3 is 0 Å². The minimum atomic E-state index is -0.558. The number of hydrogen-bond acceptors (Lipinski definition) is 3. The number of hydrogen-bond donors (Lipinski definition) is 2. The van der Waals surface area contributed by atoms with Gasteiger partial charge in [-0.25, -0.2) is 0 Å². The van der Waals surface area contributed by atoms with Crippen LogP contribution in [0.3, 0.4) is 0 Å². The van der Waals surface area contributed by atoms with Crippen molar-refractivity contribution in [3.05, 3.63) is 62.5 Å². The monoisotopic (exact) mass is 287 g/mol. The van der Waals surface area contributed by atoms with Crippen molar-refractivity contribution in [3.63, 3.8) is 0 Å². The third-order valence-electron chi connectivity index (χ3n) is 2.65. The molecular formula is C14H10ClN3O2. The number of amides is 1. The van der Waals surface area contributed by atoms with E-state index in [1.54, 1.807) is 6.92 Å². The zero-order chi connectivity index (χ0) is 14.7. The summed E-state index contributed by atoms with van der Waals surface area (Å²) in [5, 5.41) is 11.5. The van der Waals surface area contributed by atoms with Gasteiger partial charge in [-0.1, -0.05) is 11.6 Å². The lowest BCUT2D eigenvalue weighted by Crippen LogP contribution is -2.21. The molecule has 0 aliphatic rings. The lowest BCUT2D eigenvalue weighted by molar-refractivity contribution is 0.102. The number of rotatable bonds is 2. The number of aromatic amines is 1. The van der Waals surface area contributed by atoms with Crippen molar-refractivity contribution in [3.8, 4) is 6.07 Å². The number of pyridine rings is 1. The van der Waals surface area contributed by atoms with Crippen molar-refractivity contribution in [2.24, 2.45) is 0 Å². The van der Waals surface area contributed by atoms with Gasteiger partial charge in [-0.3, -0.25) is 9.59 Å². The Hall–Kier alpha value is -2.58. The number of nitriles is 1. The number of carbonyl (C=O) groups is 1. The van der Waals surface area contributed by atoms with E-state index < -0.39 is 5.91 Å². The molecule has 0 aliphatic heterocycles. The van der Waals surface area contributed by atoms with Crippen molar-refractivity contribution in [1.29, 1.82) is 5.26 Å². The smallest absolute Gasteiger partial charge is 0.261 e. The highest BCUT2D eigenvalue weighted by molar-refractivity contribution is 6.34. The van der Waals surface area contributed by atoms with E-state index in [0.717, 1.165) is 0 Å². The standard InChI is InChI=1S/C14H10ClN3O2/c1-8-4-13(19)10(7-17-8)14(20)18-12-3-2-9(6-16)5-11(12)15/h2-5,7H,1H3,(H,17,19)(H,18,20). The number of aromatic nitrogens is 1. The molecule has 0 bridgehead atoms. The van der Waals surface area contributed by atoms with Crippen molar-refractivity contribution in [1.82, 2.24) is 4.98 Å². The third kappa shape index (κ3) is 2.87. The highest BCUT2D eigenvalue weighted by Gasteiger charge is 2.12. The molecule has 0 fully saturated rings. The molecule has 20 heavy (non-hydrogen) atoms. The first-order valence-electron chi connectivity index (χ1n) is 5.71. The highest BCUT2D eigenvalue weighted by atomic mass is 35.5. The Morgan fingerprint density at radius 2 is 2.15 bits per heavy atom. The van der Waals surface area contributed by atoms with E-state index in [9.17, 15) is 9.59 Å². The Morgan fingerprint density at radius 1 is 1.40 bits per heavy atom. The molecular weight excluding hydrogens is 278 g/mol. The minimum Gasteiger partial charge on any atom is -0.364 e. The van der Waals surface area contributed by atoms with E-state index in [0.29, 0.717) is 16.9 Å². The molecule has 1 heterocycles. The number of carbonyl (C=O) groups excluding carboxylic acids is 1. The maximum absolute atomic E-state index is 12.0. The number of nitrogens with one attached hydrogen (secondary N) is 2. The average molecular weight is 288 g/mol. The van der Waals surface area contributed by atoms with Crippen molar-refractivity contribution >= 4 is 23.2 Å². The van der Waals surface area contributed by atoms with Gasteiger partial charge in [0.25, 0.3) is 5.91 Å². The maximum Gasteiger partial charge on any atom is 0.261 e. The Morgan fingerprint density at radius 3 is 2.75 bits per heavy atom. The lowest BCUT2D eigenvalue weighted by Gasteiger charge is -2.07. The van der Waals surface area contributed by atoms with Crippen molar-refractivity contribution < 1.29 is 4.79 Å². The molecule has 1 aromatic carbocycles. The third-order valence-corrected chi connectivity index (χ3v) is 2.96. The minimum absolute atomic E-state index is 0.00368. The second-order valence-corrected chi connectivity index (χ2v) is 4.56. The zero-order valence-corrected chi connectivity index (χ0v) is 11.3. The van der Waals surface area contributed by atoms with Crippen LogP contribution in [0.25, 0.3) is 0 Å². The van der Waals surface area contributed by atoms with E-state index in [-0.39, 0.29) is 16.0 Å². The zero-order valence-electron chi connectivity index (χ0n) is 10.5. The number of aryl methyl sites for hydroxylation is 1. The van der Waals surface area contributed by atoms with E-state index in [2.05, 4.69) is 10.3 Å². The molecule has 0 atom stereocenters. The number of nitrogens with zero attached hydrogens (tertiary/aromatic N) is 1. The normalized spacial score (nSPS) is 9.85. The Bertz CT molecular complexity index is 775. The summed E-state index contributed by atoms with van der Waals surface area (Å²) in [5.74, 6) is -0.558. The number of H-pyrrole nitrogens is 1. The molecule has 1 amide bonds. The van der Waals surface area contributed by atoms with Gasteiger partial charge in [0, 0.05) is 18.0 Å². The van der Waals surface area contributed by atoms with Crippen LogP contribution in [0.2, 0.25) is 5.02 Å². The van der Waals surface area contributed by atoms with Gasteiger partial charge in [0.2, 0.25) is 0 Å². The van der Waals surface area contributed by atoms with E-state index in [1.807, 2.05) is 6.07 Å². The van der Waals surface area contributed by atoms with Gasteiger partial charge < -0.3 is 10.3 Å². The average Bonchev–Trinajstić information content (AvgIpc) is 2.40. The summed E-state index contributed by atoms with van der Waals surface area (Å²) < 4.78 is 0. The van der Waals surface area contributed by atoms with Crippen molar-refractivity contribution in [2.75, 3.05) is 5.32 Å². The van der Waals surface area contributed by atoms with Crippen LogP contribution in [0.15, 0.2) is 35.3 Å². The van der Waals surface area contributed by atoms with E-state index in [1.165, 1.54) is 30.5 Å². The summed E-state index contributed by atoms with van der Waals surface area (Å²) in [6.07, 6.45) is 1.35. The molecule has 0 radical (unpaired) electrons. The summed E-state index contributed by atoms with van der Waals surface area (Å²) >= 11 is 5.95. The molecule has 0 aliphatic carbocycles. The molecule has 1 aromatic heterocycles. The van der Waals surface area contributed by atoms with Gasteiger partial charge in [0.05, 0.1) is 22.3 Å². The SMILES string of the molecule is Cc1cc(=O)c(C(=O)Nc2ccc(C#N)cc2Cl)c[nH]1. The van der Waals surface area contributed by atoms with Crippen LogP contribution in [0, 0.1) is 18.3 Å². The van der Waals surface area contributed by atoms with E-state index >= 15 is 0 Å². The number of benzene rings is 1. The molecule has 2 rings (SSSR count). The van der Waals surface area contributed by atoms with Gasteiger partial charge in [-0.05, 0) is 25.1 Å². The van der Waals surface area contributed by atoms with Gasteiger partial charge in [-0.2, -0.15) is 5.26 Å². The fraction of sp³-hybridized carbons (Fsp3) is 0.0714. The molecule has 0 unspecified atom stereocenters. The molecule has 0 saturated heterocycles. The highest BCUT2D eigenvalue weighted by Crippen LogP contribution is 2.23. The van der Waals surface area contributed by atoms with Crippen LogP contribution in [0.1, 0.15) is 21.6 Å². The van der Waals surface area contributed by atoms with Gasteiger partial charge in [-0.15, -0.1) is 0 Å². The summed E-state index contributed by atoms with van der Waals surface area (Å²) in [5.41, 5.74) is 1.03. The van der Waals surface area contributed by atoms with Crippen LogP contribution >= 0.6 is 11.6 Å². The molecule has 0 spiro atoms. The summed E-state index contributed by atoms with van der Waals surface area (Å²) in [6, 6.07) is 7.77. The molecule has 5 nitrogen and oxygen atoms in total. The Labute approximate surface area is 119 Å². The first-order valence-corrected chi connectivity index (χ1v) is 6.09. The fourth-order valence-electron chi connectivity index (χ4n) is 1.63. The fourth-order valence-corrected chi connectivity index (χ4v) is 1.85. The van der Waals surface area contributed by atoms with Crippen LogP contribution in [0.5, 0.6) is 0 Å². The van der Waals surface area contributed by atoms with Gasteiger partial charge in [0.1, 0.15) is 5.56 Å². The lowest BCUT2D eigenvalue weighted by atomic mass is 10.2. The van der Waals surface area contributed by atoms with Crippen LogP contribution in [-0.4, -0.2) is 10.9 Å². The van der Waals surface area contributed by atoms with Crippen molar-refractivity contribution in [2.45, 2.75) is 6.92 Å². The predicted molar refractivity (Wildman–Crippen MR) is 75.9 cm³/mol. The predicted octanol–water partition coefficient (Wildman–Crippen LogP) is 2.46. The largest absolute Gasteiger partial charge is 0.364 e. The number of anilines is 1. The van der Waals surface area contributed by atoms with Crippen LogP contribution in [0.4, 0.5) is 5.69 Å². The second-order valence-electron chi connectivity index (χ2n) is 4.15. The van der Waals surface area contributed by atoms with Crippen LogP contribution in [-0.2, 0) is 0 Å². The first-order chi connectivity index (χ1) is 9.51. The summed E-state index contributed by atoms with van der Waals surface area (Å²) in [4.78, 5) is 26.5. The maximum atomic E-state index is 12.0. The molecule has 6 heteroatoms. The topological polar surface area (TPSA) is 85.8 Å². The number of halogens is 1. The van der Waals surface area contributed by atoms with E-state index in [4.69, 9.17) is 16.9 Å². The summed E-state index contributed by atoms with van der Waals surface area (Å²) in [6.45, 7) is 1.72. The molecule has 2 N–H and O–H groups in total. The van der Waals surface area contributed by atoms with Gasteiger partial charge in [0.15, 0.2) is 5.43 Å². The second kappa shape index (κ2) is 5.59. The quantitative estimate of drug-likeness (QED) is 0.889. The first kappa shape index (κ1) is 13.8. The Balaban J connectivity index is 2.28. The molecule has 0 saturated carbocycles. The summed E-state index contributed by atoms with van der Waals surface area (Å²) in [7, 11) is 0. The Kier molecular flexibility index (Phi) is 3.87.